The zero-order valence-electron chi connectivity index (χ0n) is 17.5. The van der Waals surface area contributed by atoms with Crippen molar-refractivity contribution >= 4 is 11.7 Å². The van der Waals surface area contributed by atoms with E-state index in [2.05, 4.69) is 29.2 Å². The van der Waals surface area contributed by atoms with Gasteiger partial charge < -0.3 is 24.2 Å². The molecule has 0 radical (unpaired) electrons. The van der Waals surface area contributed by atoms with Gasteiger partial charge in [0, 0.05) is 13.0 Å². The molecule has 31 heavy (non-hydrogen) atoms. The van der Waals surface area contributed by atoms with Crippen molar-refractivity contribution in [2.75, 3.05) is 24.7 Å². The number of carboxylic acid groups (broad SMARTS) is 1. The molecule has 0 aromatic heterocycles. The highest BCUT2D eigenvalue weighted by atomic mass is 16.5. The van der Waals surface area contributed by atoms with Gasteiger partial charge in [0.2, 0.25) is 0 Å². The number of allylic oxidation sites excluding steroid dienone is 2. The number of carbonyl (C=O) groups is 1. The Labute approximate surface area is 182 Å². The summed E-state index contributed by atoms with van der Waals surface area (Å²) in [5, 5.41) is 9.24. The van der Waals surface area contributed by atoms with E-state index in [1.165, 1.54) is 0 Å². The third-order valence-corrected chi connectivity index (χ3v) is 5.44. The highest BCUT2D eigenvalue weighted by molar-refractivity contribution is 5.72. The summed E-state index contributed by atoms with van der Waals surface area (Å²) in [6, 6.07) is 15.7. The van der Waals surface area contributed by atoms with Crippen LogP contribution in [0.5, 0.6) is 11.5 Å². The number of ether oxygens (including phenoxy) is 3. The molecule has 0 saturated carbocycles. The molecule has 3 unspecified atom stereocenters. The van der Waals surface area contributed by atoms with E-state index in [4.69, 9.17) is 14.2 Å². The maximum atomic E-state index is 11.3. The average Bonchev–Trinajstić information content (AvgIpc) is 2.79. The highest BCUT2D eigenvalue weighted by Crippen LogP contribution is 2.37. The lowest BCUT2D eigenvalue weighted by Gasteiger charge is -2.42. The Morgan fingerprint density at radius 3 is 2.68 bits per heavy atom. The normalized spacial score (nSPS) is 19.8. The first-order valence-electron chi connectivity index (χ1n) is 10.6. The van der Waals surface area contributed by atoms with E-state index in [-0.39, 0.29) is 12.1 Å². The molecule has 2 aromatic carbocycles. The molecule has 0 amide bonds. The van der Waals surface area contributed by atoms with E-state index in [9.17, 15) is 9.90 Å². The van der Waals surface area contributed by atoms with Crippen molar-refractivity contribution in [3.63, 3.8) is 0 Å². The van der Waals surface area contributed by atoms with Crippen molar-refractivity contribution in [1.29, 1.82) is 0 Å². The Morgan fingerprint density at radius 2 is 1.90 bits per heavy atom. The number of hydrogen-bond acceptors (Lipinski definition) is 5. The number of anilines is 1. The molecule has 2 aliphatic rings. The van der Waals surface area contributed by atoms with Crippen LogP contribution in [0.3, 0.4) is 0 Å². The standard InChI is InChI=1S/C25H27NO5/c1-2-29-24(25(27)28)17-18-11-13-19(14-12-18)30-16-15-26-20-7-3-5-9-22(20)31-23-10-6-4-8-21(23)26/h3-14,20,22,24H,2,15-17H2,1H3,(H,27,28). The fraction of sp³-hybridized carbons (Fsp3) is 0.320. The maximum Gasteiger partial charge on any atom is 0.333 e. The number of nitrogens with zero attached hydrogens (tertiary/aromatic N) is 1. The SMILES string of the molecule is CCOC(Cc1ccc(OCCN2c3ccccc3OC3C=CC=CC32)cc1)C(=O)O. The number of benzene rings is 2. The van der Waals surface area contributed by atoms with Crippen molar-refractivity contribution in [1.82, 2.24) is 0 Å². The van der Waals surface area contributed by atoms with Crippen LogP contribution in [0.2, 0.25) is 0 Å². The molecule has 1 aliphatic carbocycles. The Balaban J connectivity index is 1.37. The second-order valence-corrected chi connectivity index (χ2v) is 7.48. The van der Waals surface area contributed by atoms with Crippen LogP contribution in [0.4, 0.5) is 5.69 Å². The summed E-state index contributed by atoms with van der Waals surface area (Å²) in [6.45, 7) is 3.40. The Morgan fingerprint density at radius 1 is 1.13 bits per heavy atom. The van der Waals surface area contributed by atoms with Gasteiger partial charge in [-0.1, -0.05) is 42.5 Å². The number of para-hydroxylation sites is 2. The molecule has 3 atom stereocenters. The van der Waals surface area contributed by atoms with E-state index < -0.39 is 12.1 Å². The highest BCUT2D eigenvalue weighted by Gasteiger charge is 2.33. The molecule has 0 saturated heterocycles. The molecule has 4 rings (SSSR count). The molecule has 1 heterocycles. The molecule has 162 valence electrons. The summed E-state index contributed by atoms with van der Waals surface area (Å²) in [5.41, 5.74) is 1.97. The Hall–Kier alpha value is -3.25. The summed E-state index contributed by atoms with van der Waals surface area (Å²) in [6.07, 6.45) is 7.81. The molecular formula is C25H27NO5. The lowest BCUT2D eigenvalue weighted by molar-refractivity contribution is -0.149. The van der Waals surface area contributed by atoms with Crippen molar-refractivity contribution in [2.24, 2.45) is 0 Å². The molecule has 1 N–H and O–H groups in total. The van der Waals surface area contributed by atoms with Crippen LogP contribution < -0.4 is 14.4 Å². The van der Waals surface area contributed by atoms with Crippen LogP contribution in [0.1, 0.15) is 12.5 Å². The summed E-state index contributed by atoms with van der Waals surface area (Å²) in [5.74, 6) is 0.692. The fourth-order valence-electron chi connectivity index (χ4n) is 3.95. The van der Waals surface area contributed by atoms with E-state index in [1.807, 2.05) is 48.5 Å². The van der Waals surface area contributed by atoms with Gasteiger partial charge in [0.1, 0.15) is 24.2 Å². The Kier molecular flexibility index (Phi) is 6.57. The summed E-state index contributed by atoms with van der Waals surface area (Å²) in [4.78, 5) is 13.6. The molecular weight excluding hydrogens is 394 g/mol. The van der Waals surface area contributed by atoms with Crippen LogP contribution in [0, 0.1) is 0 Å². The quantitative estimate of drug-likeness (QED) is 0.663. The van der Waals surface area contributed by atoms with Crippen molar-refractivity contribution in [2.45, 2.75) is 31.6 Å². The number of rotatable bonds is 9. The van der Waals surface area contributed by atoms with Gasteiger partial charge in [0.05, 0.1) is 18.3 Å². The average molecular weight is 421 g/mol. The minimum absolute atomic E-state index is 0.00768. The molecule has 2 aromatic rings. The van der Waals surface area contributed by atoms with Gasteiger partial charge >= 0.3 is 5.97 Å². The van der Waals surface area contributed by atoms with Gasteiger partial charge in [-0.15, -0.1) is 0 Å². The van der Waals surface area contributed by atoms with Crippen LogP contribution in [0.25, 0.3) is 0 Å². The summed E-state index contributed by atoms with van der Waals surface area (Å²) in [7, 11) is 0. The van der Waals surface area contributed by atoms with E-state index in [1.54, 1.807) is 6.92 Å². The van der Waals surface area contributed by atoms with Gasteiger partial charge in [-0.25, -0.2) is 4.79 Å². The second-order valence-electron chi connectivity index (χ2n) is 7.48. The van der Waals surface area contributed by atoms with Gasteiger partial charge in [0.25, 0.3) is 0 Å². The smallest absolute Gasteiger partial charge is 0.333 e. The fourth-order valence-corrected chi connectivity index (χ4v) is 3.95. The molecule has 6 heteroatoms. The monoisotopic (exact) mass is 421 g/mol. The minimum Gasteiger partial charge on any atom is -0.492 e. The predicted octanol–water partition coefficient (Wildman–Crippen LogP) is 3.86. The number of carboxylic acids is 1. The lowest BCUT2D eigenvalue weighted by Crippen LogP contribution is -2.49. The molecule has 0 spiro atoms. The molecule has 0 fully saturated rings. The maximum absolute atomic E-state index is 11.3. The van der Waals surface area contributed by atoms with Gasteiger partial charge in [0.15, 0.2) is 6.10 Å². The number of hydrogen-bond donors (Lipinski definition) is 1. The first-order valence-corrected chi connectivity index (χ1v) is 10.6. The molecule has 0 bridgehead atoms. The van der Waals surface area contributed by atoms with Crippen LogP contribution in [-0.2, 0) is 16.0 Å². The summed E-state index contributed by atoms with van der Waals surface area (Å²) >= 11 is 0. The van der Waals surface area contributed by atoms with E-state index in [0.29, 0.717) is 26.2 Å². The zero-order chi connectivity index (χ0) is 21.6. The topological polar surface area (TPSA) is 68.2 Å². The van der Waals surface area contributed by atoms with Gasteiger partial charge in [-0.3, -0.25) is 0 Å². The minimum atomic E-state index is -0.946. The summed E-state index contributed by atoms with van der Waals surface area (Å²) < 4.78 is 17.4. The molecule has 1 aliphatic heterocycles. The number of fused-ring (bicyclic) bond motifs is 2. The zero-order valence-corrected chi connectivity index (χ0v) is 17.5. The third kappa shape index (κ3) is 4.91. The second kappa shape index (κ2) is 9.71. The van der Waals surface area contributed by atoms with Crippen molar-refractivity contribution in [3.05, 3.63) is 78.4 Å². The van der Waals surface area contributed by atoms with E-state index >= 15 is 0 Å². The van der Waals surface area contributed by atoms with Crippen LogP contribution in [-0.4, -0.2) is 49.1 Å². The van der Waals surface area contributed by atoms with Gasteiger partial charge in [-0.05, 0) is 42.8 Å². The largest absolute Gasteiger partial charge is 0.492 e. The van der Waals surface area contributed by atoms with Crippen molar-refractivity contribution in [3.8, 4) is 11.5 Å². The molecule has 6 nitrogen and oxygen atoms in total. The van der Waals surface area contributed by atoms with Gasteiger partial charge in [-0.2, -0.15) is 0 Å². The van der Waals surface area contributed by atoms with Crippen molar-refractivity contribution < 1.29 is 24.1 Å². The predicted molar refractivity (Wildman–Crippen MR) is 119 cm³/mol. The van der Waals surface area contributed by atoms with Crippen LogP contribution in [0.15, 0.2) is 72.8 Å². The Bertz CT molecular complexity index is 953. The first kappa shape index (κ1) is 21.0. The third-order valence-electron chi connectivity index (χ3n) is 5.44. The lowest BCUT2D eigenvalue weighted by atomic mass is 10.0. The first-order chi connectivity index (χ1) is 15.2. The van der Waals surface area contributed by atoms with Crippen LogP contribution >= 0.6 is 0 Å². The number of aliphatic carboxylic acids is 1. The van der Waals surface area contributed by atoms with E-state index in [0.717, 1.165) is 22.7 Å².